The Balaban J connectivity index is 2.69. The molecule has 0 saturated carbocycles. The molecule has 0 fully saturated rings. The van der Waals surface area contributed by atoms with Crippen LogP contribution in [0, 0.1) is 0 Å². The molecule has 0 aliphatic rings. The minimum atomic E-state index is 0.543. The molecule has 2 rings (SSSR count). The van der Waals surface area contributed by atoms with Crippen molar-refractivity contribution in [1.82, 2.24) is 0 Å². The molecule has 0 atom stereocenters. The van der Waals surface area contributed by atoms with Gasteiger partial charge in [-0.1, -0.05) is 84.0 Å². The van der Waals surface area contributed by atoms with Crippen LogP contribution in [0.4, 0.5) is 0 Å². The van der Waals surface area contributed by atoms with Crippen molar-refractivity contribution in [1.29, 1.82) is 0 Å². The molecule has 112 valence electrons. The lowest BCUT2D eigenvalue weighted by Gasteiger charge is -2.20. The van der Waals surface area contributed by atoms with Gasteiger partial charge in [-0.2, -0.15) is 0 Å². The first-order valence-electron chi connectivity index (χ1n) is 8.15. The lowest BCUT2D eigenvalue weighted by atomic mass is 9.84. The first kappa shape index (κ1) is 15.8. The van der Waals surface area contributed by atoms with E-state index in [2.05, 4.69) is 84.0 Å². The van der Waals surface area contributed by atoms with Crippen LogP contribution in [0.2, 0.25) is 0 Å². The Morgan fingerprint density at radius 3 is 1.62 bits per heavy atom. The number of hydrogen-bond acceptors (Lipinski definition) is 0. The number of rotatable bonds is 4. The molecule has 0 heterocycles. The zero-order valence-electron chi connectivity index (χ0n) is 14.3. The minimum absolute atomic E-state index is 0.543. The van der Waals surface area contributed by atoms with Gasteiger partial charge in [0.1, 0.15) is 0 Å². The second-order valence-electron chi connectivity index (χ2n) is 6.90. The molecule has 21 heavy (non-hydrogen) atoms. The third-order valence-corrected chi connectivity index (χ3v) is 4.21. The highest BCUT2D eigenvalue weighted by Gasteiger charge is 2.15. The molecule has 0 radical (unpaired) electrons. The van der Waals surface area contributed by atoms with Gasteiger partial charge in [0.2, 0.25) is 0 Å². The zero-order valence-corrected chi connectivity index (χ0v) is 14.3. The van der Waals surface area contributed by atoms with Crippen molar-refractivity contribution in [2.45, 2.75) is 59.3 Å². The maximum Gasteiger partial charge on any atom is -0.0114 e. The molecule has 0 heteroatoms. The Labute approximate surface area is 130 Å². The predicted molar refractivity (Wildman–Crippen MR) is 94.1 cm³/mol. The van der Waals surface area contributed by atoms with Gasteiger partial charge in [-0.3, -0.25) is 0 Å². The predicted octanol–water partition coefficient (Wildman–Crippen LogP) is 6.72. The van der Waals surface area contributed by atoms with E-state index in [0.717, 1.165) is 0 Å². The summed E-state index contributed by atoms with van der Waals surface area (Å²) in [6.07, 6.45) is 0. The van der Waals surface area contributed by atoms with Crippen molar-refractivity contribution in [3.8, 4) is 11.1 Å². The van der Waals surface area contributed by atoms with Gasteiger partial charge in [-0.15, -0.1) is 0 Å². The number of benzene rings is 2. The van der Waals surface area contributed by atoms with E-state index in [1.165, 1.54) is 27.8 Å². The van der Waals surface area contributed by atoms with Crippen LogP contribution in [0.1, 0.15) is 76.0 Å². The molecule has 0 aromatic heterocycles. The molecule has 2 aromatic carbocycles. The van der Waals surface area contributed by atoms with Gasteiger partial charge >= 0.3 is 0 Å². The van der Waals surface area contributed by atoms with E-state index in [-0.39, 0.29) is 0 Å². The first-order valence-corrected chi connectivity index (χ1v) is 8.15. The average molecular weight is 280 g/mol. The van der Waals surface area contributed by atoms with Gasteiger partial charge in [0.05, 0.1) is 0 Å². The highest BCUT2D eigenvalue weighted by molar-refractivity contribution is 5.73. The molecule has 0 bridgehead atoms. The van der Waals surface area contributed by atoms with Crippen molar-refractivity contribution < 1.29 is 0 Å². The molecular formula is C21H28. The second kappa shape index (κ2) is 6.47. The van der Waals surface area contributed by atoms with Crippen LogP contribution < -0.4 is 0 Å². The fraction of sp³-hybridized carbons (Fsp3) is 0.429. The van der Waals surface area contributed by atoms with Crippen LogP contribution >= 0.6 is 0 Å². The molecular weight excluding hydrogens is 252 g/mol. The van der Waals surface area contributed by atoms with Crippen LogP contribution in [0.25, 0.3) is 11.1 Å². The summed E-state index contributed by atoms with van der Waals surface area (Å²) in [5.41, 5.74) is 7.16. The van der Waals surface area contributed by atoms with E-state index in [0.29, 0.717) is 17.8 Å². The summed E-state index contributed by atoms with van der Waals surface area (Å²) in [6.45, 7) is 13.7. The molecule has 0 aliphatic heterocycles. The van der Waals surface area contributed by atoms with Crippen LogP contribution in [0.5, 0.6) is 0 Å². The normalized spacial score (nSPS) is 11.7. The summed E-state index contributed by atoms with van der Waals surface area (Å²) in [6, 6.07) is 15.9. The largest absolute Gasteiger partial charge is 0.0617 e. The fourth-order valence-electron chi connectivity index (χ4n) is 2.94. The smallest absolute Gasteiger partial charge is 0.0114 e. The van der Waals surface area contributed by atoms with Crippen molar-refractivity contribution >= 4 is 0 Å². The van der Waals surface area contributed by atoms with E-state index in [9.17, 15) is 0 Å². The standard InChI is InChI=1S/C21H28/c1-14(2)17-9-7-10-18(13-17)21-19(15(3)4)11-8-12-20(21)16(5)6/h7-16H,1-6H3. The highest BCUT2D eigenvalue weighted by atomic mass is 14.2. The molecule has 0 nitrogen and oxygen atoms in total. The van der Waals surface area contributed by atoms with Crippen LogP contribution in [-0.4, -0.2) is 0 Å². The Morgan fingerprint density at radius 1 is 0.619 bits per heavy atom. The topological polar surface area (TPSA) is 0 Å². The molecule has 0 N–H and O–H groups in total. The number of hydrogen-bond donors (Lipinski definition) is 0. The third-order valence-electron chi connectivity index (χ3n) is 4.21. The first-order chi connectivity index (χ1) is 9.91. The van der Waals surface area contributed by atoms with Crippen molar-refractivity contribution in [2.24, 2.45) is 0 Å². The van der Waals surface area contributed by atoms with Crippen molar-refractivity contribution in [3.63, 3.8) is 0 Å². The lowest BCUT2D eigenvalue weighted by molar-refractivity contribution is 0.837. The van der Waals surface area contributed by atoms with Gasteiger partial charge in [0.15, 0.2) is 0 Å². The Morgan fingerprint density at radius 2 is 1.14 bits per heavy atom. The van der Waals surface area contributed by atoms with Crippen LogP contribution in [0.3, 0.4) is 0 Å². The summed E-state index contributed by atoms with van der Waals surface area (Å²) in [5, 5.41) is 0. The van der Waals surface area contributed by atoms with Crippen LogP contribution in [0.15, 0.2) is 42.5 Å². The maximum absolute atomic E-state index is 2.37. The van der Waals surface area contributed by atoms with Gasteiger partial charge in [-0.05, 0) is 45.6 Å². The lowest BCUT2D eigenvalue weighted by Crippen LogP contribution is -2.00. The highest BCUT2D eigenvalue weighted by Crippen LogP contribution is 2.36. The zero-order chi connectivity index (χ0) is 15.6. The molecule has 0 spiro atoms. The average Bonchev–Trinajstić information content (AvgIpc) is 2.46. The fourth-order valence-corrected chi connectivity index (χ4v) is 2.94. The Hall–Kier alpha value is -1.56. The van der Waals surface area contributed by atoms with Crippen molar-refractivity contribution in [2.75, 3.05) is 0 Å². The third kappa shape index (κ3) is 3.37. The summed E-state index contributed by atoms with van der Waals surface area (Å²) >= 11 is 0. The van der Waals surface area contributed by atoms with Crippen LogP contribution in [-0.2, 0) is 0 Å². The minimum Gasteiger partial charge on any atom is -0.0617 e. The second-order valence-corrected chi connectivity index (χ2v) is 6.90. The Kier molecular flexibility index (Phi) is 4.88. The summed E-state index contributed by atoms with van der Waals surface area (Å²) in [7, 11) is 0. The maximum atomic E-state index is 2.37. The summed E-state index contributed by atoms with van der Waals surface area (Å²) in [4.78, 5) is 0. The van der Waals surface area contributed by atoms with Gasteiger partial charge in [-0.25, -0.2) is 0 Å². The van der Waals surface area contributed by atoms with Crippen molar-refractivity contribution in [3.05, 3.63) is 59.2 Å². The van der Waals surface area contributed by atoms with Gasteiger partial charge in [0.25, 0.3) is 0 Å². The quantitative estimate of drug-likeness (QED) is 0.583. The summed E-state index contributed by atoms with van der Waals surface area (Å²) < 4.78 is 0. The Bertz CT molecular complexity index is 577. The summed E-state index contributed by atoms with van der Waals surface area (Å²) in [5.74, 6) is 1.65. The van der Waals surface area contributed by atoms with E-state index in [1.807, 2.05) is 0 Å². The SMILES string of the molecule is CC(C)c1cccc(-c2c(C(C)C)cccc2C(C)C)c1. The molecule has 2 aromatic rings. The van der Waals surface area contributed by atoms with E-state index < -0.39 is 0 Å². The molecule has 0 aliphatic carbocycles. The van der Waals surface area contributed by atoms with Gasteiger partial charge < -0.3 is 0 Å². The van der Waals surface area contributed by atoms with E-state index >= 15 is 0 Å². The van der Waals surface area contributed by atoms with E-state index in [4.69, 9.17) is 0 Å². The molecule has 0 saturated heterocycles. The monoisotopic (exact) mass is 280 g/mol. The molecule has 0 unspecified atom stereocenters. The van der Waals surface area contributed by atoms with Gasteiger partial charge in [0, 0.05) is 0 Å². The van der Waals surface area contributed by atoms with E-state index in [1.54, 1.807) is 0 Å². The molecule has 0 amide bonds.